The van der Waals surface area contributed by atoms with Gasteiger partial charge in [-0.15, -0.1) is 11.3 Å². The van der Waals surface area contributed by atoms with Crippen molar-refractivity contribution >= 4 is 22.9 Å². The third-order valence-corrected chi connectivity index (χ3v) is 4.02. The number of carbonyl (C=O) groups is 1. The first kappa shape index (κ1) is 13.5. The quantitative estimate of drug-likeness (QED) is 0.801. The van der Waals surface area contributed by atoms with Crippen molar-refractivity contribution in [2.24, 2.45) is 0 Å². The van der Waals surface area contributed by atoms with Gasteiger partial charge in [0.15, 0.2) is 0 Å². The number of para-hydroxylation sites is 1. The number of amides is 1. The van der Waals surface area contributed by atoms with E-state index in [4.69, 9.17) is 4.52 Å². The van der Waals surface area contributed by atoms with E-state index in [1.165, 1.54) is 11.3 Å². The lowest BCUT2D eigenvalue weighted by molar-refractivity contribution is 0.103. The molecule has 0 aliphatic rings. The Labute approximate surface area is 125 Å². The van der Waals surface area contributed by atoms with Gasteiger partial charge >= 0.3 is 0 Å². The van der Waals surface area contributed by atoms with Crippen molar-refractivity contribution in [2.45, 2.75) is 13.8 Å². The van der Waals surface area contributed by atoms with Crippen LogP contribution in [0.2, 0.25) is 0 Å². The minimum absolute atomic E-state index is 0.170. The molecule has 5 nitrogen and oxygen atoms in total. The second-order valence-corrected chi connectivity index (χ2v) is 5.58. The van der Waals surface area contributed by atoms with Gasteiger partial charge in [-0.05, 0) is 26.0 Å². The van der Waals surface area contributed by atoms with Crippen LogP contribution in [0.3, 0.4) is 0 Å². The summed E-state index contributed by atoms with van der Waals surface area (Å²) in [5.41, 5.74) is 2.39. The molecule has 0 bridgehead atoms. The van der Waals surface area contributed by atoms with Crippen LogP contribution in [0.5, 0.6) is 0 Å². The van der Waals surface area contributed by atoms with Crippen molar-refractivity contribution in [3.05, 3.63) is 52.9 Å². The minimum atomic E-state index is -0.170. The normalized spacial score (nSPS) is 10.6. The van der Waals surface area contributed by atoms with Crippen LogP contribution in [0.4, 0.5) is 5.69 Å². The van der Waals surface area contributed by atoms with Crippen LogP contribution in [-0.2, 0) is 0 Å². The van der Waals surface area contributed by atoms with Crippen molar-refractivity contribution in [3.8, 4) is 10.6 Å². The molecule has 3 aromatic rings. The highest BCUT2D eigenvalue weighted by atomic mass is 32.1. The molecule has 1 aromatic carbocycles. The highest BCUT2D eigenvalue weighted by Crippen LogP contribution is 2.30. The summed E-state index contributed by atoms with van der Waals surface area (Å²) in [5.74, 6) is 0.536. The molecule has 6 heteroatoms. The minimum Gasteiger partial charge on any atom is -0.361 e. The molecule has 0 unspecified atom stereocenters. The molecule has 0 aliphatic carbocycles. The number of benzene rings is 1. The second kappa shape index (κ2) is 5.49. The fourth-order valence-corrected chi connectivity index (χ4v) is 2.95. The standard InChI is InChI=1S/C15H13N3O2S/c1-9-13(10(2)20-18-9)15-16-8-12(21-15)14(19)17-11-6-4-3-5-7-11/h3-8H,1-2H3,(H,17,19). The summed E-state index contributed by atoms with van der Waals surface area (Å²) in [6.45, 7) is 3.69. The number of aryl methyl sites for hydroxylation is 2. The van der Waals surface area contributed by atoms with Crippen LogP contribution in [0, 0.1) is 13.8 Å². The largest absolute Gasteiger partial charge is 0.361 e. The molecule has 1 amide bonds. The molecule has 0 saturated carbocycles. The Balaban J connectivity index is 1.84. The van der Waals surface area contributed by atoms with E-state index in [1.54, 1.807) is 6.20 Å². The number of nitrogens with zero attached hydrogens (tertiary/aromatic N) is 2. The zero-order valence-electron chi connectivity index (χ0n) is 11.6. The SMILES string of the molecule is Cc1noc(C)c1-c1ncc(C(=O)Nc2ccccc2)s1. The third-order valence-electron chi connectivity index (χ3n) is 3.01. The van der Waals surface area contributed by atoms with Gasteiger partial charge in [0.2, 0.25) is 0 Å². The van der Waals surface area contributed by atoms with Gasteiger partial charge in [-0.2, -0.15) is 0 Å². The van der Waals surface area contributed by atoms with Gasteiger partial charge in [0.25, 0.3) is 5.91 Å². The summed E-state index contributed by atoms with van der Waals surface area (Å²) in [4.78, 5) is 17.0. The smallest absolute Gasteiger partial charge is 0.267 e. The monoisotopic (exact) mass is 299 g/mol. The summed E-state index contributed by atoms with van der Waals surface area (Å²) in [7, 11) is 0. The van der Waals surface area contributed by atoms with Crippen LogP contribution in [0.25, 0.3) is 10.6 Å². The molecule has 0 saturated heterocycles. The van der Waals surface area contributed by atoms with Crippen LogP contribution >= 0.6 is 11.3 Å². The van der Waals surface area contributed by atoms with Gasteiger partial charge in [0.1, 0.15) is 15.6 Å². The predicted octanol–water partition coefficient (Wildman–Crippen LogP) is 3.67. The van der Waals surface area contributed by atoms with Crippen LogP contribution in [-0.4, -0.2) is 16.0 Å². The van der Waals surface area contributed by atoms with E-state index in [2.05, 4.69) is 15.5 Å². The molecular weight excluding hydrogens is 286 g/mol. The van der Waals surface area contributed by atoms with Crippen LogP contribution in [0.15, 0.2) is 41.1 Å². The molecular formula is C15H13N3O2S. The van der Waals surface area contributed by atoms with E-state index in [-0.39, 0.29) is 5.91 Å². The van der Waals surface area contributed by atoms with Gasteiger partial charge in [-0.1, -0.05) is 23.4 Å². The summed E-state index contributed by atoms with van der Waals surface area (Å²) in [5, 5.41) is 7.48. The van der Waals surface area contributed by atoms with Crippen molar-refractivity contribution in [2.75, 3.05) is 5.32 Å². The molecule has 1 N–H and O–H groups in total. The maximum atomic E-state index is 12.2. The lowest BCUT2D eigenvalue weighted by atomic mass is 10.2. The second-order valence-electron chi connectivity index (χ2n) is 4.55. The average molecular weight is 299 g/mol. The highest BCUT2D eigenvalue weighted by Gasteiger charge is 2.17. The van der Waals surface area contributed by atoms with Gasteiger partial charge in [0.05, 0.1) is 17.5 Å². The van der Waals surface area contributed by atoms with E-state index in [0.717, 1.165) is 22.0 Å². The molecule has 2 aromatic heterocycles. The first-order chi connectivity index (χ1) is 10.1. The molecule has 2 heterocycles. The van der Waals surface area contributed by atoms with E-state index >= 15 is 0 Å². The molecule has 106 valence electrons. The fraction of sp³-hybridized carbons (Fsp3) is 0.133. The molecule has 3 rings (SSSR count). The Morgan fingerprint density at radius 1 is 1.24 bits per heavy atom. The maximum absolute atomic E-state index is 12.2. The first-order valence-electron chi connectivity index (χ1n) is 6.40. The first-order valence-corrected chi connectivity index (χ1v) is 7.22. The number of aromatic nitrogens is 2. The molecule has 0 aliphatic heterocycles. The Morgan fingerprint density at radius 3 is 2.67 bits per heavy atom. The van der Waals surface area contributed by atoms with Crippen LogP contribution < -0.4 is 5.32 Å². The Kier molecular flexibility index (Phi) is 3.53. The van der Waals surface area contributed by atoms with Crippen molar-refractivity contribution in [1.29, 1.82) is 0 Å². The molecule has 0 atom stereocenters. The van der Waals surface area contributed by atoms with E-state index in [1.807, 2.05) is 44.2 Å². The number of rotatable bonds is 3. The zero-order chi connectivity index (χ0) is 14.8. The Hall–Kier alpha value is -2.47. The summed E-state index contributed by atoms with van der Waals surface area (Å²) >= 11 is 1.32. The summed E-state index contributed by atoms with van der Waals surface area (Å²) in [6.07, 6.45) is 1.57. The van der Waals surface area contributed by atoms with Crippen molar-refractivity contribution < 1.29 is 9.32 Å². The van der Waals surface area contributed by atoms with E-state index in [9.17, 15) is 4.79 Å². The van der Waals surface area contributed by atoms with Crippen molar-refractivity contribution in [1.82, 2.24) is 10.1 Å². The number of anilines is 1. The van der Waals surface area contributed by atoms with Gasteiger partial charge in [0, 0.05) is 5.69 Å². The third kappa shape index (κ3) is 2.71. The predicted molar refractivity (Wildman–Crippen MR) is 81.5 cm³/mol. The summed E-state index contributed by atoms with van der Waals surface area (Å²) in [6, 6.07) is 9.33. The number of nitrogens with one attached hydrogen (secondary N) is 1. The summed E-state index contributed by atoms with van der Waals surface area (Å²) < 4.78 is 5.13. The lowest BCUT2D eigenvalue weighted by Crippen LogP contribution is -2.09. The number of hydrogen-bond acceptors (Lipinski definition) is 5. The number of thiazole rings is 1. The van der Waals surface area contributed by atoms with Crippen LogP contribution in [0.1, 0.15) is 21.1 Å². The lowest BCUT2D eigenvalue weighted by Gasteiger charge is -2.01. The Bertz CT molecular complexity index is 758. The topological polar surface area (TPSA) is 68.0 Å². The highest BCUT2D eigenvalue weighted by molar-refractivity contribution is 7.17. The van der Waals surface area contributed by atoms with Gasteiger partial charge in [-0.25, -0.2) is 4.98 Å². The van der Waals surface area contributed by atoms with Gasteiger partial charge in [-0.3, -0.25) is 4.79 Å². The fourth-order valence-electron chi connectivity index (χ4n) is 2.00. The number of carbonyl (C=O) groups excluding carboxylic acids is 1. The molecule has 0 fully saturated rings. The molecule has 21 heavy (non-hydrogen) atoms. The molecule has 0 radical (unpaired) electrons. The van der Waals surface area contributed by atoms with E-state index in [0.29, 0.717) is 10.6 Å². The molecule has 0 spiro atoms. The van der Waals surface area contributed by atoms with E-state index < -0.39 is 0 Å². The number of hydrogen-bond donors (Lipinski definition) is 1. The van der Waals surface area contributed by atoms with Gasteiger partial charge < -0.3 is 9.84 Å². The van der Waals surface area contributed by atoms with Crippen molar-refractivity contribution in [3.63, 3.8) is 0 Å². The average Bonchev–Trinajstić information content (AvgIpc) is 3.07. The maximum Gasteiger partial charge on any atom is 0.267 e. The zero-order valence-corrected chi connectivity index (χ0v) is 12.4. The Morgan fingerprint density at radius 2 is 2.00 bits per heavy atom.